The van der Waals surface area contributed by atoms with Gasteiger partial charge in [-0.25, -0.2) is 4.98 Å². The van der Waals surface area contributed by atoms with Gasteiger partial charge < -0.3 is 10.1 Å². The van der Waals surface area contributed by atoms with Gasteiger partial charge in [0.15, 0.2) is 5.16 Å². The van der Waals surface area contributed by atoms with Crippen LogP contribution in [0.1, 0.15) is 18.4 Å². The number of imidazole rings is 1. The smallest absolute Gasteiger partial charge is 0.230 e. The lowest BCUT2D eigenvalue weighted by atomic mass is 10.2. The van der Waals surface area contributed by atoms with E-state index in [1.165, 1.54) is 17.3 Å². The van der Waals surface area contributed by atoms with E-state index in [9.17, 15) is 4.79 Å². The lowest BCUT2D eigenvalue weighted by molar-refractivity contribution is -0.119. The maximum Gasteiger partial charge on any atom is 0.230 e. The highest BCUT2D eigenvalue weighted by Crippen LogP contribution is 2.28. The molecule has 6 heteroatoms. The van der Waals surface area contributed by atoms with Crippen molar-refractivity contribution in [1.29, 1.82) is 0 Å². The van der Waals surface area contributed by atoms with Crippen molar-refractivity contribution in [3.63, 3.8) is 0 Å². The highest BCUT2D eigenvalue weighted by molar-refractivity contribution is 7.99. The number of nitrogens with zero attached hydrogens (tertiary/aromatic N) is 2. The molecule has 0 spiro atoms. The lowest BCUT2D eigenvalue weighted by Gasteiger charge is -2.11. The van der Waals surface area contributed by atoms with E-state index < -0.39 is 0 Å². The molecule has 1 N–H and O–H groups in total. The molecule has 1 aliphatic rings. The molecule has 0 aliphatic carbocycles. The first-order chi connectivity index (χ1) is 13.2. The molecule has 5 nitrogen and oxygen atoms in total. The van der Waals surface area contributed by atoms with E-state index in [4.69, 9.17) is 9.72 Å². The van der Waals surface area contributed by atoms with Crippen molar-refractivity contribution in [2.24, 2.45) is 0 Å². The van der Waals surface area contributed by atoms with Gasteiger partial charge in [-0.05, 0) is 49.6 Å². The van der Waals surface area contributed by atoms with E-state index in [2.05, 4.69) is 41.1 Å². The number of carbonyl (C=O) groups is 1. The molecule has 1 fully saturated rings. The summed E-state index contributed by atoms with van der Waals surface area (Å²) < 4.78 is 7.68. The van der Waals surface area contributed by atoms with Gasteiger partial charge >= 0.3 is 0 Å². The minimum absolute atomic E-state index is 0.0124. The molecule has 1 aromatic heterocycles. The van der Waals surface area contributed by atoms with Crippen molar-refractivity contribution in [2.75, 3.05) is 18.9 Å². The van der Waals surface area contributed by atoms with Gasteiger partial charge in [0.1, 0.15) is 0 Å². The number of aryl methyl sites for hydroxylation is 1. The third-order valence-electron chi connectivity index (χ3n) is 4.67. The Labute approximate surface area is 163 Å². The number of carbonyl (C=O) groups excluding carboxylic acids is 1. The highest BCUT2D eigenvalue weighted by atomic mass is 32.2. The molecule has 2 heterocycles. The predicted molar refractivity (Wildman–Crippen MR) is 109 cm³/mol. The van der Waals surface area contributed by atoms with Crippen LogP contribution in [0.15, 0.2) is 53.7 Å². The summed E-state index contributed by atoms with van der Waals surface area (Å²) >= 11 is 1.46. The normalized spacial score (nSPS) is 16.7. The van der Waals surface area contributed by atoms with Crippen molar-refractivity contribution in [3.05, 3.63) is 54.1 Å². The number of hydrogen-bond acceptors (Lipinski definition) is 4. The number of hydrogen-bond donors (Lipinski definition) is 1. The minimum atomic E-state index is 0.0124. The molecular weight excluding hydrogens is 358 g/mol. The van der Waals surface area contributed by atoms with Crippen LogP contribution in [0.2, 0.25) is 0 Å². The molecule has 1 unspecified atom stereocenters. The number of fused-ring (bicyclic) bond motifs is 1. The van der Waals surface area contributed by atoms with Gasteiger partial charge in [0.05, 0.1) is 22.9 Å². The topological polar surface area (TPSA) is 56.2 Å². The van der Waals surface area contributed by atoms with Gasteiger partial charge in [0, 0.05) is 18.8 Å². The molecule has 0 radical (unpaired) electrons. The molecule has 27 heavy (non-hydrogen) atoms. The summed E-state index contributed by atoms with van der Waals surface area (Å²) in [7, 11) is 0. The van der Waals surface area contributed by atoms with E-state index in [0.29, 0.717) is 12.3 Å². The number of benzene rings is 2. The average Bonchev–Trinajstić information content (AvgIpc) is 3.32. The third-order valence-corrected chi connectivity index (χ3v) is 5.61. The molecule has 0 saturated carbocycles. The van der Waals surface area contributed by atoms with Gasteiger partial charge in [-0.1, -0.05) is 36.0 Å². The Morgan fingerprint density at radius 1 is 1.30 bits per heavy atom. The van der Waals surface area contributed by atoms with Crippen LogP contribution in [0.3, 0.4) is 0 Å². The Bertz CT molecular complexity index is 948. The summed E-state index contributed by atoms with van der Waals surface area (Å²) in [5.74, 6) is 0.348. The quantitative estimate of drug-likeness (QED) is 0.661. The number of aromatic nitrogens is 2. The molecule has 0 bridgehead atoms. The number of thioether (sulfide) groups is 1. The molecule has 1 saturated heterocycles. The first-order valence-corrected chi connectivity index (χ1v) is 10.2. The van der Waals surface area contributed by atoms with Crippen LogP contribution in [0.4, 0.5) is 0 Å². The zero-order chi connectivity index (χ0) is 18.6. The molecule has 3 aromatic rings. The largest absolute Gasteiger partial charge is 0.376 e. The zero-order valence-electron chi connectivity index (χ0n) is 15.4. The standard InChI is InChI=1S/C21H23N3O2S/c1-15-6-4-7-16(12-15)24-19-10-3-2-9-18(19)23-21(24)27-14-20(25)22-13-17-8-5-11-26-17/h2-4,6-7,9-10,12,17H,5,8,11,13-14H2,1H3,(H,22,25). The number of ether oxygens (including phenoxy) is 1. The van der Waals surface area contributed by atoms with Gasteiger partial charge in [-0.2, -0.15) is 0 Å². The zero-order valence-corrected chi connectivity index (χ0v) is 16.2. The van der Waals surface area contributed by atoms with Crippen LogP contribution in [-0.2, 0) is 9.53 Å². The van der Waals surface area contributed by atoms with Gasteiger partial charge in [-0.3, -0.25) is 9.36 Å². The molecule has 1 amide bonds. The summed E-state index contributed by atoms with van der Waals surface area (Å²) in [6.45, 7) is 3.47. The predicted octanol–water partition coefficient (Wildman–Crippen LogP) is 3.72. The van der Waals surface area contributed by atoms with E-state index >= 15 is 0 Å². The van der Waals surface area contributed by atoms with Crippen molar-refractivity contribution >= 4 is 28.7 Å². The molecule has 140 valence electrons. The second kappa shape index (κ2) is 8.15. The third kappa shape index (κ3) is 4.17. The maximum atomic E-state index is 12.3. The number of nitrogens with one attached hydrogen (secondary N) is 1. The summed E-state index contributed by atoms with van der Waals surface area (Å²) in [5, 5.41) is 3.80. The summed E-state index contributed by atoms with van der Waals surface area (Å²) in [5.41, 5.74) is 4.23. The van der Waals surface area contributed by atoms with Crippen molar-refractivity contribution in [3.8, 4) is 5.69 Å². The van der Waals surface area contributed by atoms with Gasteiger partial charge in [-0.15, -0.1) is 0 Å². The molecule has 1 atom stereocenters. The van der Waals surface area contributed by atoms with Crippen molar-refractivity contribution in [2.45, 2.75) is 31.0 Å². The number of para-hydroxylation sites is 2. The fraction of sp³-hybridized carbons (Fsp3) is 0.333. The number of rotatable bonds is 6. The van der Waals surface area contributed by atoms with Crippen LogP contribution in [-0.4, -0.2) is 40.5 Å². The maximum absolute atomic E-state index is 12.3. The van der Waals surface area contributed by atoms with Crippen LogP contribution in [0.25, 0.3) is 16.7 Å². The number of amides is 1. The first kappa shape index (κ1) is 18.1. The highest BCUT2D eigenvalue weighted by Gasteiger charge is 2.17. The van der Waals surface area contributed by atoms with Crippen LogP contribution in [0.5, 0.6) is 0 Å². The van der Waals surface area contributed by atoms with Gasteiger partial charge in [0.25, 0.3) is 0 Å². The molecule has 1 aliphatic heterocycles. The fourth-order valence-electron chi connectivity index (χ4n) is 3.33. The molecular formula is C21H23N3O2S. The van der Waals surface area contributed by atoms with Gasteiger partial charge in [0.2, 0.25) is 5.91 Å². The fourth-order valence-corrected chi connectivity index (χ4v) is 4.19. The van der Waals surface area contributed by atoms with Crippen LogP contribution >= 0.6 is 11.8 Å². The summed E-state index contributed by atoms with van der Waals surface area (Å²) in [6, 6.07) is 16.4. The minimum Gasteiger partial charge on any atom is -0.376 e. The van der Waals surface area contributed by atoms with E-state index in [1.807, 2.05) is 24.3 Å². The molecule has 2 aromatic carbocycles. The SMILES string of the molecule is Cc1cccc(-n2c(SCC(=O)NCC3CCCO3)nc3ccccc32)c1. The van der Waals surface area contributed by atoms with E-state index in [1.54, 1.807) is 0 Å². The van der Waals surface area contributed by atoms with Crippen molar-refractivity contribution < 1.29 is 9.53 Å². The first-order valence-electron chi connectivity index (χ1n) is 9.26. The Balaban J connectivity index is 1.52. The second-order valence-electron chi connectivity index (χ2n) is 6.79. The second-order valence-corrected chi connectivity index (χ2v) is 7.73. The average molecular weight is 382 g/mol. The lowest BCUT2D eigenvalue weighted by Crippen LogP contribution is -2.32. The summed E-state index contributed by atoms with van der Waals surface area (Å²) in [4.78, 5) is 17.0. The Morgan fingerprint density at radius 3 is 3.00 bits per heavy atom. The molecule has 4 rings (SSSR count). The Morgan fingerprint density at radius 2 is 2.19 bits per heavy atom. The Kier molecular flexibility index (Phi) is 5.45. The van der Waals surface area contributed by atoms with Crippen molar-refractivity contribution in [1.82, 2.24) is 14.9 Å². The van der Waals surface area contributed by atoms with E-state index in [0.717, 1.165) is 41.3 Å². The monoisotopic (exact) mass is 381 g/mol. The Hall–Kier alpha value is -2.31. The summed E-state index contributed by atoms with van der Waals surface area (Å²) in [6.07, 6.45) is 2.27. The van der Waals surface area contributed by atoms with Crippen LogP contribution in [0, 0.1) is 6.92 Å². The van der Waals surface area contributed by atoms with E-state index in [-0.39, 0.29) is 12.0 Å². The van der Waals surface area contributed by atoms with Crippen LogP contribution < -0.4 is 5.32 Å².